The second-order valence-electron chi connectivity index (χ2n) is 7.98. The van der Waals surface area contributed by atoms with Crippen LogP contribution in [0.25, 0.3) is 0 Å². The maximum atomic E-state index is 6.54. The normalized spacial score (nSPS) is 31.0. The molecule has 0 radical (unpaired) electrons. The molecule has 2 unspecified atom stereocenters. The molecule has 0 heterocycles. The predicted octanol–water partition coefficient (Wildman–Crippen LogP) is 5.55. The fourth-order valence-electron chi connectivity index (χ4n) is 5.28. The van der Waals surface area contributed by atoms with E-state index in [0.717, 1.165) is 44.8 Å². The van der Waals surface area contributed by atoms with Crippen molar-refractivity contribution < 1.29 is 9.47 Å². The molecule has 0 amide bonds. The second kappa shape index (κ2) is 6.58. The highest BCUT2D eigenvalue weighted by Crippen LogP contribution is 2.70. The van der Waals surface area contributed by atoms with E-state index in [1.54, 1.807) is 0 Å². The van der Waals surface area contributed by atoms with E-state index in [4.69, 9.17) is 9.47 Å². The zero-order valence-electron chi connectivity index (χ0n) is 15.0. The lowest BCUT2D eigenvalue weighted by atomic mass is 9.59. The van der Waals surface area contributed by atoms with Gasteiger partial charge in [-0.05, 0) is 49.9 Å². The van der Waals surface area contributed by atoms with Crippen LogP contribution in [0, 0.1) is 16.7 Å². The Hall–Kier alpha value is -0.0800. The molecule has 2 saturated carbocycles. The minimum atomic E-state index is -0.345. The highest BCUT2D eigenvalue weighted by atomic mass is 16.7. The monoisotopic (exact) mass is 296 g/mol. The first-order valence-corrected chi connectivity index (χ1v) is 9.25. The minimum absolute atomic E-state index is 0.227. The molecule has 0 aromatic rings. The van der Waals surface area contributed by atoms with Crippen LogP contribution in [0.3, 0.4) is 0 Å². The van der Waals surface area contributed by atoms with Gasteiger partial charge in [0.25, 0.3) is 0 Å². The number of hydrogen-bond acceptors (Lipinski definition) is 2. The quantitative estimate of drug-likeness (QED) is 0.519. The van der Waals surface area contributed by atoms with Crippen LogP contribution >= 0.6 is 0 Å². The summed E-state index contributed by atoms with van der Waals surface area (Å²) in [6.45, 7) is 13.2. The first-order valence-electron chi connectivity index (χ1n) is 9.25. The highest BCUT2D eigenvalue weighted by Gasteiger charge is 2.67. The SMILES string of the molecule is CCCOC(CCC)(OCCC)C12CCC(CC1(C)C)C2. The maximum absolute atomic E-state index is 6.54. The summed E-state index contributed by atoms with van der Waals surface area (Å²) in [5, 5.41) is 0. The number of hydrogen-bond donors (Lipinski definition) is 0. The standard InChI is InChI=1S/C19H36O2/c1-6-10-19(20-12-7-2,21-13-8-3)18-11-9-16(15-18)14-17(18,4)5/h16H,6-15H2,1-5H3. The van der Waals surface area contributed by atoms with Gasteiger partial charge in [-0.1, -0.05) is 41.0 Å². The summed E-state index contributed by atoms with van der Waals surface area (Å²) in [4.78, 5) is 0. The molecule has 2 fully saturated rings. The van der Waals surface area contributed by atoms with E-state index in [1.165, 1.54) is 25.7 Å². The van der Waals surface area contributed by atoms with Crippen molar-refractivity contribution >= 4 is 0 Å². The predicted molar refractivity (Wildman–Crippen MR) is 88.3 cm³/mol. The molecule has 0 spiro atoms. The smallest absolute Gasteiger partial charge is 0.174 e. The van der Waals surface area contributed by atoms with Crippen LogP contribution in [-0.2, 0) is 9.47 Å². The Labute approximate surface area is 132 Å². The number of fused-ring (bicyclic) bond motifs is 2. The van der Waals surface area contributed by atoms with Gasteiger partial charge in [0, 0.05) is 25.0 Å². The van der Waals surface area contributed by atoms with E-state index in [2.05, 4.69) is 34.6 Å². The van der Waals surface area contributed by atoms with Gasteiger partial charge in [0.05, 0.1) is 0 Å². The summed E-state index contributed by atoms with van der Waals surface area (Å²) in [6, 6.07) is 0. The Bertz CT molecular complexity index is 328. The van der Waals surface area contributed by atoms with Crippen molar-refractivity contribution in [2.24, 2.45) is 16.7 Å². The molecular formula is C19H36O2. The molecule has 0 saturated heterocycles. The average Bonchev–Trinajstić information content (AvgIpc) is 2.97. The molecule has 2 aliphatic rings. The Morgan fingerprint density at radius 1 is 0.952 bits per heavy atom. The number of rotatable bonds is 9. The van der Waals surface area contributed by atoms with Crippen LogP contribution in [-0.4, -0.2) is 19.0 Å². The molecule has 2 atom stereocenters. The molecule has 2 heteroatoms. The van der Waals surface area contributed by atoms with Gasteiger partial charge in [0.1, 0.15) is 0 Å². The molecule has 21 heavy (non-hydrogen) atoms. The van der Waals surface area contributed by atoms with E-state index < -0.39 is 0 Å². The zero-order valence-corrected chi connectivity index (χ0v) is 15.0. The molecule has 0 aromatic heterocycles. The van der Waals surface area contributed by atoms with Crippen molar-refractivity contribution in [1.82, 2.24) is 0 Å². The highest BCUT2D eigenvalue weighted by molar-refractivity contribution is 5.13. The van der Waals surface area contributed by atoms with E-state index in [1.807, 2.05) is 0 Å². The van der Waals surface area contributed by atoms with Crippen LogP contribution in [0.5, 0.6) is 0 Å². The van der Waals surface area contributed by atoms with Gasteiger partial charge < -0.3 is 9.47 Å². The third-order valence-electron chi connectivity index (χ3n) is 6.10. The van der Waals surface area contributed by atoms with E-state index in [0.29, 0.717) is 5.41 Å². The third-order valence-corrected chi connectivity index (χ3v) is 6.10. The van der Waals surface area contributed by atoms with Crippen molar-refractivity contribution in [3.05, 3.63) is 0 Å². The molecule has 0 N–H and O–H groups in total. The molecular weight excluding hydrogens is 260 g/mol. The van der Waals surface area contributed by atoms with Crippen LogP contribution in [0.15, 0.2) is 0 Å². The fourth-order valence-corrected chi connectivity index (χ4v) is 5.28. The van der Waals surface area contributed by atoms with Gasteiger partial charge in [-0.15, -0.1) is 0 Å². The summed E-state index contributed by atoms with van der Waals surface area (Å²) in [5.74, 6) is 0.550. The summed E-state index contributed by atoms with van der Waals surface area (Å²) in [5.41, 5.74) is 0.567. The van der Waals surface area contributed by atoms with Gasteiger partial charge in [-0.25, -0.2) is 0 Å². The Morgan fingerprint density at radius 3 is 1.95 bits per heavy atom. The molecule has 0 aliphatic heterocycles. The van der Waals surface area contributed by atoms with E-state index in [9.17, 15) is 0 Å². The Balaban J connectivity index is 2.35. The van der Waals surface area contributed by atoms with Gasteiger partial charge in [0.2, 0.25) is 0 Å². The molecule has 2 nitrogen and oxygen atoms in total. The first kappa shape index (κ1) is 17.3. The van der Waals surface area contributed by atoms with Gasteiger partial charge in [-0.2, -0.15) is 0 Å². The van der Waals surface area contributed by atoms with Crippen LogP contribution < -0.4 is 0 Å². The summed E-state index contributed by atoms with van der Waals surface area (Å²) in [6.07, 6.45) is 9.65. The first-order chi connectivity index (χ1) is 9.97. The van der Waals surface area contributed by atoms with Crippen LogP contribution in [0.2, 0.25) is 0 Å². The molecule has 2 aliphatic carbocycles. The Morgan fingerprint density at radius 2 is 1.57 bits per heavy atom. The lowest BCUT2D eigenvalue weighted by molar-refractivity contribution is -0.323. The van der Waals surface area contributed by atoms with E-state index >= 15 is 0 Å². The summed E-state index contributed by atoms with van der Waals surface area (Å²) in [7, 11) is 0. The summed E-state index contributed by atoms with van der Waals surface area (Å²) >= 11 is 0. The van der Waals surface area contributed by atoms with Crippen molar-refractivity contribution in [3.8, 4) is 0 Å². The topological polar surface area (TPSA) is 18.5 Å². The van der Waals surface area contributed by atoms with Gasteiger partial charge in [-0.3, -0.25) is 0 Å². The van der Waals surface area contributed by atoms with E-state index in [-0.39, 0.29) is 11.2 Å². The van der Waals surface area contributed by atoms with Gasteiger partial charge in [0.15, 0.2) is 5.79 Å². The van der Waals surface area contributed by atoms with Gasteiger partial charge >= 0.3 is 0 Å². The largest absolute Gasteiger partial charge is 0.349 e. The molecule has 2 bridgehead atoms. The van der Waals surface area contributed by atoms with Crippen molar-refractivity contribution in [3.63, 3.8) is 0 Å². The van der Waals surface area contributed by atoms with Crippen molar-refractivity contribution in [2.75, 3.05) is 13.2 Å². The molecule has 0 aromatic carbocycles. The fraction of sp³-hybridized carbons (Fsp3) is 1.00. The lowest BCUT2D eigenvalue weighted by Crippen LogP contribution is -2.57. The maximum Gasteiger partial charge on any atom is 0.174 e. The van der Waals surface area contributed by atoms with Crippen LogP contribution in [0.1, 0.15) is 86.0 Å². The lowest BCUT2D eigenvalue weighted by Gasteiger charge is -2.54. The average molecular weight is 296 g/mol. The molecule has 124 valence electrons. The second-order valence-corrected chi connectivity index (χ2v) is 7.98. The van der Waals surface area contributed by atoms with Crippen molar-refractivity contribution in [2.45, 2.75) is 91.8 Å². The Kier molecular flexibility index (Phi) is 5.41. The third kappa shape index (κ3) is 2.79. The minimum Gasteiger partial charge on any atom is -0.349 e. The summed E-state index contributed by atoms with van der Waals surface area (Å²) < 4.78 is 13.1. The van der Waals surface area contributed by atoms with Crippen LogP contribution in [0.4, 0.5) is 0 Å². The zero-order chi connectivity index (χ0) is 15.6. The molecule has 2 rings (SSSR count). The number of ether oxygens (including phenoxy) is 2. The van der Waals surface area contributed by atoms with Crippen molar-refractivity contribution in [1.29, 1.82) is 0 Å².